The summed E-state index contributed by atoms with van der Waals surface area (Å²) in [6.45, 7) is 1.94. The molecule has 0 fully saturated rings. The zero-order valence-corrected chi connectivity index (χ0v) is 8.34. The van der Waals surface area contributed by atoms with Crippen LogP contribution in [0.15, 0.2) is 0 Å². The fourth-order valence-electron chi connectivity index (χ4n) is 0.561. The van der Waals surface area contributed by atoms with Crippen LogP contribution in [0.25, 0.3) is 0 Å². The van der Waals surface area contributed by atoms with Crippen molar-refractivity contribution >= 4 is 28.9 Å². The zero-order chi connectivity index (χ0) is 7.49. The quantitative estimate of drug-likeness (QED) is 0.530. The molecular formula is C5H13Cl2NSi. The number of hydrogen-bond acceptors (Lipinski definition) is 1. The number of nitrogens with two attached hydrogens (primary N) is 1. The Morgan fingerprint density at radius 1 is 1.44 bits per heavy atom. The summed E-state index contributed by atoms with van der Waals surface area (Å²) in [5, 5.41) is 0. The van der Waals surface area contributed by atoms with Crippen LogP contribution in [0.1, 0.15) is 20.3 Å². The summed E-state index contributed by atoms with van der Waals surface area (Å²) in [7, 11) is 0. The maximum Gasteiger partial charge on any atom is 0.266 e. The minimum Gasteiger partial charge on any atom is -0.328 e. The number of rotatable bonds is 3. The first kappa shape index (κ1) is 9.76. The second-order valence-electron chi connectivity index (χ2n) is 2.13. The molecule has 0 bridgehead atoms. The third-order valence-electron chi connectivity index (χ3n) is 1.45. The highest BCUT2D eigenvalue weighted by molar-refractivity contribution is 7.46. The van der Waals surface area contributed by atoms with Crippen molar-refractivity contribution in [3.8, 4) is 0 Å². The van der Waals surface area contributed by atoms with E-state index in [2.05, 4.69) is 0 Å². The van der Waals surface area contributed by atoms with Crippen LogP contribution in [0.3, 0.4) is 0 Å². The Bertz CT molecular complexity index is 87.0. The third kappa shape index (κ3) is 2.89. The van der Waals surface area contributed by atoms with E-state index in [1.54, 1.807) is 0 Å². The van der Waals surface area contributed by atoms with Crippen molar-refractivity contribution in [2.24, 2.45) is 5.73 Å². The molecule has 1 unspecified atom stereocenters. The summed E-state index contributed by atoms with van der Waals surface area (Å²) < 4.78 is 0. The van der Waals surface area contributed by atoms with E-state index in [1.807, 2.05) is 13.8 Å². The van der Waals surface area contributed by atoms with E-state index in [0.717, 1.165) is 12.5 Å². The van der Waals surface area contributed by atoms with E-state index < -0.39 is 6.69 Å². The van der Waals surface area contributed by atoms with Crippen LogP contribution < -0.4 is 5.73 Å². The van der Waals surface area contributed by atoms with E-state index in [1.165, 1.54) is 0 Å². The van der Waals surface area contributed by atoms with Crippen molar-refractivity contribution in [3.63, 3.8) is 0 Å². The molecule has 0 spiro atoms. The van der Waals surface area contributed by atoms with Crippen LogP contribution in [0, 0.1) is 0 Å². The predicted molar refractivity (Wildman–Crippen MR) is 46.2 cm³/mol. The van der Waals surface area contributed by atoms with Gasteiger partial charge in [0, 0.05) is 5.67 Å². The number of hydrogen-bond donors (Lipinski definition) is 1. The molecule has 0 aromatic rings. The predicted octanol–water partition coefficient (Wildman–Crippen LogP) is 2.20. The summed E-state index contributed by atoms with van der Waals surface area (Å²) >= 11 is 11.9. The fraction of sp³-hybridized carbons (Fsp3) is 1.00. The monoisotopic (exact) mass is 185 g/mol. The molecule has 0 radical (unpaired) electrons. The summed E-state index contributed by atoms with van der Waals surface area (Å²) in [5.74, 6) is 0. The molecule has 0 saturated heterocycles. The lowest BCUT2D eigenvalue weighted by atomic mass is 10.5. The summed E-state index contributed by atoms with van der Waals surface area (Å²) in [5.41, 5.74) is 5.69. The average molecular weight is 186 g/mol. The van der Waals surface area contributed by atoms with Crippen molar-refractivity contribution in [2.45, 2.75) is 32.0 Å². The Morgan fingerprint density at radius 3 is 2.00 bits per heavy atom. The van der Waals surface area contributed by atoms with E-state index in [4.69, 9.17) is 27.9 Å². The van der Waals surface area contributed by atoms with Gasteiger partial charge in [0.15, 0.2) is 0 Å². The standard InChI is InChI=1S/C5H13Cl2NSi/c1-3-5(8)9(6,7)4-2/h5H,3-4,8H2,1-2H3. The first-order valence-electron chi connectivity index (χ1n) is 3.18. The average Bonchev–Trinajstić information content (AvgIpc) is 1.86. The molecule has 0 amide bonds. The molecule has 0 heterocycles. The summed E-state index contributed by atoms with van der Waals surface area (Å²) in [6.07, 6.45) is 0.882. The first-order valence-corrected chi connectivity index (χ1v) is 7.48. The molecule has 9 heavy (non-hydrogen) atoms. The highest BCUT2D eigenvalue weighted by Crippen LogP contribution is 2.24. The summed E-state index contributed by atoms with van der Waals surface area (Å²) in [4.78, 5) is 0. The van der Waals surface area contributed by atoms with E-state index in [9.17, 15) is 0 Å². The minimum absolute atomic E-state index is 0.0332. The molecule has 0 aromatic carbocycles. The van der Waals surface area contributed by atoms with Gasteiger partial charge in [-0.05, 0) is 12.5 Å². The molecule has 2 N–H and O–H groups in total. The molecular weight excluding hydrogens is 173 g/mol. The molecule has 0 rings (SSSR count). The van der Waals surface area contributed by atoms with Crippen molar-refractivity contribution in [1.29, 1.82) is 0 Å². The molecule has 0 aromatic heterocycles. The van der Waals surface area contributed by atoms with Crippen molar-refractivity contribution in [3.05, 3.63) is 0 Å². The minimum atomic E-state index is -2.06. The van der Waals surface area contributed by atoms with Gasteiger partial charge in [-0.15, -0.1) is 22.2 Å². The van der Waals surface area contributed by atoms with Crippen LogP contribution in [-0.2, 0) is 0 Å². The molecule has 0 aliphatic rings. The van der Waals surface area contributed by atoms with Gasteiger partial charge in [-0.3, -0.25) is 0 Å². The molecule has 56 valence electrons. The Morgan fingerprint density at radius 2 is 1.89 bits per heavy atom. The molecule has 0 aliphatic carbocycles. The SMILES string of the molecule is CCC(N)[Si](Cl)(Cl)CC. The van der Waals surface area contributed by atoms with Gasteiger partial charge < -0.3 is 5.73 Å². The van der Waals surface area contributed by atoms with Crippen LogP contribution in [0.4, 0.5) is 0 Å². The lowest BCUT2D eigenvalue weighted by Crippen LogP contribution is -2.42. The fourth-order valence-corrected chi connectivity index (χ4v) is 2.61. The van der Waals surface area contributed by atoms with Gasteiger partial charge >= 0.3 is 0 Å². The van der Waals surface area contributed by atoms with Gasteiger partial charge in [-0.1, -0.05) is 13.8 Å². The highest BCUT2D eigenvalue weighted by atomic mass is 35.7. The Kier molecular flexibility index (Phi) is 4.13. The molecule has 0 saturated carbocycles. The van der Waals surface area contributed by atoms with Crippen LogP contribution >= 0.6 is 22.2 Å². The van der Waals surface area contributed by atoms with E-state index >= 15 is 0 Å². The number of halogens is 2. The molecule has 1 atom stereocenters. The van der Waals surface area contributed by atoms with Gasteiger partial charge in [-0.25, -0.2) is 0 Å². The maximum atomic E-state index is 5.95. The summed E-state index contributed by atoms with van der Waals surface area (Å²) in [6, 6.07) is 0.838. The highest BCUT2D eigenvalue weighted by Gasteiger charge is 2.32. The van der Waals surface area contributed by atoms with Crippen LogP contribution in [0.5, 0.6) is 0 Å². The van der Waals surface area contributed by atoms with Crippen molar-refractivity contribution < 1.29 is 0 Å². The van der Waals surface area contributed by atoms with Gasteiger partial charge in [-0.2, -0.15) is 0 Å². The Balaban J connectivity index is 3.80. The third-order valence-corrected chi connectivity index (χ3v) is 7.17. The first-order chi connectivity index (χ1) is 4.04. The Hall–Kier alpha value is 0.757. The normalized spacial score (nSPS) is 15.7. The zero-order valence-electron chi connectivity index (χ0n) is 5.82. The molecule has 0 aliphatic heterocycles. The smallest absolute Gasteiger partial charge is 0.266 e. The lowest BCUT2D eigenvalue weighted by molar-refractivity contribution is 0.833. The van der Waals surface area contributed by atoms with Gasteiger partial charge in [0.1, 0.15) is 0 Å². The Labute approximate surface area is 66.9 Å². The van der Waals surface area contributed by atoms with Crippen molar-refractivity contribution in [2.75, 3.05) is 0 Å². The van der Waals surface area contributed by atoms with Crippen LogP contribution in [-0.4, -0.2) is 12.4 Å². The van der Waals surface area contributed by atoms with E-state index in [-0.39, 0.29) is 5.67 Å². The molecule has 4 heteroatoms. The second-order valence-corrected chi connectivity index (χ2v) is 9.73. The second kappa shape index (κ2) is 3.81. The lowest BCUT2D eigenvalue weighted by Gasteiger charge is -2.20. The van der Waals surface area contributed by atoms with Crippen LogP contribution in [0.2, 0.25) is 6.04 Å². The largest absolute Gasteiger partial charge is 0.328 e. The van der Waals surface area contributed by atoms with Gasteiger partial charge in [0.25, 0.3) is 6.69 Å². The van der Waals surface area contributed by atoms with Gasteiger partial charge in [0.2, 0.25) is 0 Å². The van der Waals surface area contributed by atoms with Crippen molar-refractivity contribution in [1.82, 2.24) is 0 Å². The maximum absolute atomic E-state index is 5.95. The topological polar surface area (TPSA) is 26.0 Å². The molecule has 1 nitrogen and oxygen atoms in total. The van der Waals surface area contributed by atoms with Gasteiger partial charge in [0.05, 0.1) is 0 Å². The van der Waals surface area contributed by atoms with E-state index in [0.29, 0.717) is 0 Å².